The van der Waals surface area contributed by atoms with Crippen molar-refractivity contribution in [2.75, 3.05) is 13.7 Å². The SMILES string of the molecule is COc1ccccc1C1(CNC(=O)c2cnn(C(C)C)c2C(F)(F)F)CCCC1. The van der Waals surface area contributed by atoms with Gasteiger partial charge in [0.1, 0.15) is 5.75 Å². The lowest BCUT2D eigenvalue weighted by Gasteiger charge is -2.31. The lowest BCUT2D eigenvalue weighted by atomic mass is 9.78. The third-order valence-electron chi connectivity index (χ3n) is 5.62. The summed E-state index contributed by atoms with van der Waals surface area (Å²) in [5.74, 6) is -0.0299. The van der Waals surface area contributed by atoms with Gasteiger partial charge in [-0.15, -0.1) is 0 Å². The number of hydrogen-bond donors (Lipinski definition) is 1. The summed E-state index contributed by atoms with van der Waals surface area (Å²) in [7, 11) is 1.59. The van der Waals surface area contributed by atoms with Gasteiger partial charge in [0.2, 0.25) is 0 Å². The minimum absolute atomic E-state index is 0.246. The maximum Gasteiger partial charge on any atom is 0.433 e. The lowest BCUT2D eigenvalue weighted by molar-refractivity contribution is -0.145. The van der Waals surface area contributed by atoms with Crippen LogP contribution in [0.15, 0.2) is 30.5 Å². The number of para-hydroxylation sites is 1. The molecule has 8 heteroatoms. The monoisotopic (exact) mass is 409 g/mol. The Morgan fingerprint density at radius 1 is 1.28 bits per heavy atom. The van der Waals surface area contributed by atoms with Crippen molar-refractivity contribution in [3.63, 3.8) is 0 Å². The van der Waals surface area contributed by atoms with Crippen LogP contribution in [0.1, 0.15) is 67.2 Å². The van der Waals surface area contributed by atoms with Gasteiger partial charge in [-0.3, -0.25) is 9.48 Å². The first kappa shape index (κ1) is 21.2. The summed E-state index contributed by atoms with van der Waals surface area (Å²) in [6, 6.07) is 7.11. The van der Waals surface area contributed by atoms with Crippen molar-refractivity contribution in [1.82, 2.24) is 15.1 Å². The zero-order valence-corrected chi connectivity index (χ0v) is 16.8. The number of amides is 1. The number of nitrogens with zero attached hydrogens (tertiary/aromatic N) is 2. The average molecular weight is 409 g/mol. The number of rotatable bonds is 6. The number of nitrogens with one attached hydrogen (secondary N) is 1. The molecular weight excluding hydrogens is 383 g/mol. The predicted octanol–water partition coefficient (Wildman–Crippen LogP) is 4.73. The van der Waals surface area contributed by atoms with E-state index in [0.29, 0.717) is 0 Å². The fraction of sp³-hybridized carbons (Fsp3) is 0.524. The molecule has 1 amide bonds. The highest BCUT2D eigenvalue weighted by Gasteiger charge is 2.42. The van der Waals surface area contributed by atoms with Gasteiger partial charge in [-0.1, -0.05) is 31.0 Å². The van der Waals surface area contributed by atoms with Crippen LogP contribution in [0.2, 0.25) is 0 Å². The molecular formula is C21H26F3N3O2. The molecule has 0 radical (unpaired) electrons. The van der Waals surface area contributed by atoms with Crippen molar-refractivity contribution < 1.29 is 22.7 Å². The summed E-state index contributed by atoms with van der Waals surface area (Å²) in [5, 5.41) is 6.55. The average Bonchev–Trinajstić information content (AvgIpc) is 3.34. The van der Waals surface area contributed by atoms with Crippen LogP contribution in [0.4, 0.5) is 13.2 Å². The molecule has 0 bridgehead atoms. The Labute approximate surface area is 168 Å². The van der Waals surface area contributed by atoms with Crippen LogP contribution in [-0.2, 0) is 11.6 Å². The molecule has 0 unspecified atom stereocenters. The number of aromatic nitrogens is 2. The highest BCUT2D eigenvalue weighted by Crippen LogP contribution is 2.44. The van der Waals surface area contributed by atoms with Crippen molar-refractivity contribution in [1.29, 1.82) is 0 Å². The molecule has 1 aromatic carbocycles. The van der Waals surface area contributed by atoms with Gasteiger partial charge in [0.15, 0.2) is 5.69 Å². The number of carbonyl (C=O) groups is 1. The first-order valence-electron chi connectivity index (χ1n) is 9.76. The molecule has 29 heavy (non-hydrogen) atoms. The van der Waals surface area contributed by atoms with Gasteiger partial charge >= 0.3 is 6.18 Å². The maximum absolute atomic E-state index is 13.6. The summed E-state index contributed by atoms with van der Waals surface area (Å²) in [6.07, 6.45) is -0.000202. The molecule has 158 valence electrons. The molecule has 1 aliphatic rings. The van der Waals surface area contributed by atoms with Crippen LogP contribution in [0, 0.1) is 0 Å². The van der Waals surface area contributed by atoms with Crippen LogP contribution in [-0.4, -0.2) is 29.3 Å². The molecule has 3 rings (SSSR count). The van der Waals surface area contributed by atoms with Crippen molar-refractivity contribution in [3.05, 3.63) is 47.3 Å². The van der Waals surface area contributed by atoms with Gasteiger partial charge in [-0.2, -0.15) is 18.3 Å². The normalized spacial score (nSPS) is 16.2. The van der Waals surface area contributed by atoms with E-state index in [1.807, 2.05) is 24.3 Å². The quantitative estimate of drug-likeness (QED) is 0.750. The topological polar surface area (TPSA) is 56.1 Å². The largest absolute Gasteiger partial charge is 0.496 e. The lowest BCUT2D eigenvalue weighted by Crippen LogP contribution is -2.39. The van der Waals surface area contributed by atoms with Crippen LogP contribution in [0.5, 0.6) is 5.75 Å². The van der Waals surface area contributed by atoms with Gasteiger partial charge in [-0.25, -0.2) is 0 Å². The second-order valence-electron chi connectivity index (χ2n) is 7.81. The van der Waals surface area contributed by atoms with Crippen molar-refractivity contribution in [2.24, 2.45) is 0 Å². The van der Waals surface area contributed by atoms with E-state index in [-0.39, 0.29) is 12.0 Å². The summed E-state index contributed by atoms with van der Waals surface area (Å²) >= 11 is 0. The molecule has 1 aliphatic carbocycles. The molecule has 0 aliphatic heterocycles. The zero-order chi connectivity index (χ0) is 21.2. The van der Waals surface area contributed by atoms with E-state index < -0.39 is 29.4 Å². The summed E-state index contributed by atoms with van der Waals surface area (Å²) in [6.45, 7) is 3.44. The summed E-state index contributed by atoms with van der Waals surface area (Å²) in [4.78, 5) is 12.7. The Hall–Kier alpha value is -2.51. The Morgan fingerprint density at radius 2 is 1.93 bits per heavy atom. The number of methoxy groups -OCH3 is 1. The van der Waals surface area contributed by atoms with E-state index >= 15 is 0 Å². The minimum atomic E-state index is -4.67. The van der Waals surface area contributed by atoms with Gasteiger partial charge in [0, 0.05) is 23.6 Å². The fourth-order valence-corrected chi connectivity index (χ4v) is 4.22. The predicted molar refractivity (Wildman–Crippen MR) is 103 cm³/mol. The third kappa shape index (κ3) is 4.11. The van der Waals surface area contributed by atoms with Gasteiger partial charge < -0.3 is 10.1 Å². The first-order valence-corrected chi connectivity index (χ1v) is 9.76. The molecule has 1 saturated carbocycles. The van der Waals surface area contributed by atoms with E-state index in [1.54, 1.807) is 21.0 Å². The van der Waals surface area contributed by atoms with Crippen molar-refractivity contribution in [3.8, 4) is 5.75 Å². The number of halogens is 3. The number of hydrogen-bond acceptors (Lipinski definition) is 3. The number of carbonyl (C=O) groups excluding carboxylic acids is 1. The van der Waals surface area contributed by atoms with E-state index in [0.717, 1.165) is 47.9 Å². The number of alkyl halides is 3. The van der Waals surface area contributed by atoms with Crippen LogP contribution in [0.25, 0.3) is 0 Å². The molecule has 0 saturated heterocycles. The Balaban J connectivity index is 1.88. The molecule has 0 atom stereocenters. The molecule has 1 N–H and O–H groups in total. The van der Waals surface area contributed by atoms with E-state index in [4.69, 9.17) is 4.74 Å². The molecule has 2 aromatic rings. The zero-order valence-electron chi connectivity index (χ0n) is 16.8. The number of ether oxygens (including phenoxy) is 1. The second-order valence-corrected chi connectivity index (χ2v) is 7.81. The van der Waals surface area contributed by atoms with Gasteiger partial charge in [0.05, 0.1) is 18.9 Å². The fourth-order valence-electron chi connectivity index (χ4n) is 4.22. The molecule has 0 spiro atoms. The molecule has 1 fully saturated rings. The van der Waals surface area contributed by atoms with E-state index in [9.17, 15) is 18.0 Å². The van der Waals surface area contributed by atoms with Crippen molar-refractivity contribution >= 4 is 5.91 Å². The van der Waals surface area contributed by atoms with Crippen LogP contribution < -0.4 is 10.1 Å². The smallest absolute Gasteiger partial charge is 0.433 e. The minimum Gasteiger partial charge on any atom is -0.496 e. The van der Waals surface area contributed by atoms with E-state index in [1.165, 1.54) is 0 Å². The Morgan fingerprint density at radius 3 is 2.52 bits per heavy atom. The highest BCUT2D eigenvalue weighted by molar-refractivity contribution is 5.95. The summed E-state index contributed by atoms with van der Waals surface area (Å²) < 4.78 is 47.1. The van der Waals surface area contributed by atoms with Crippen LogP contribution in [0.3, 0.4) is 0 Å². The Kier molecular flexibility index (Phi) is 5.91. The second kappa shape index (κ2) is 8.08. The van der Waals surface area contributed by atoms with E-state index in [2.05, 4.69) is 10.4 Å². The molecule has 1 heterocycles. The Bertz CT molecular complexity index is 868. The molecule has 1 aromatic heterocycles. The maximum atomic E-state index is 13.6. The first-order chi connectivity index (χ1) is 13.7. The highest BCUT2D eigenvalue weighted by atomic mass is 19.4. The van der Waals surface area contributed by atoms with Gasteiger partial charge in [-0.05, 0) is 32.8 Å². The van der Waals surface area contributed by atoms with Crippen LogP contribution >= 0.6 is 0 Å². The number of benzene rings is 1. The third-order valence-corrected chi connectivity index (χ3v) is 5.62. The summed E-state index contributed by atoms with van der Waals surface area (Å²) in [5.41, 5.74) is -0.828. The standard InChI is InChI=1S/C21H26F3N3O2/c1-14(2)27-18(21(22,23)24)15(12-26-27)19(28)25-13-20(10-6-7-11-20)16-8-4-5-9-17(16)29-3/h4-5,8-9,12,14H,6-7,10-11,13H2,1-3H3,(H,25,28). The molecule has 5 nitrogen and oxygen atoms in total. The van der Waals surface area contributed by atoms with Gasteiger partial charge in [0.25, 0.3) is 5.91 Å². The van der Waals surface area contributed by atoms with Crippen molar-refractivity contribution in [2.45, 2.75) is 57.2 Å².